The molecule has 1 atom stereocenters. The molecule has 98 valence electrons. The Morgan fingerprint density at radius 1 is 1.39 bits per heavy atom. The molecule has 0 bridgehead atoms. The lowest BCUT2D eigenvalue weighted by Crippen LogP contribution is -2.39. The molecule has 1 aromatic carbocycles. The summed E-state index contributed by atoms with van der Waals surface area (Å²) in [7, 11) is 0. The average Bonchev–Trinajstić information content (AvgIpc) is 2.33. The van der Waals surface area contributed by atoms with E-state index in [-0.39, 0.29) is 24.9 Å². The van der Waals surface area contributed by atoms with E-state index in [2.05, 4.69) is 26.6 Å². The van der Waals surface area contributed by atoms with Gasteiger partial charge in [-0.1, -0.05) is 22.0 Å². The van der Waals surface area contributed by atoms with Gasteiger partial charge < -0.3 is 15.7 Å². The molecule has 1 unspecified atom stereocenters. The Kier molecular flexibility index (Phi) is 5.80. The van der Waals surface area contributed by atoms with E-state index in [0.29, 0.717) is 5.56 Å². The average molecular weight is 315 g/mol. The smallest absolute Gasteiger partial charge is 0.251 e. The van der Waals surface area contributed by atoms with Crippen molar-refractivity contribution in [3.8, 4) is 0 Å². The van der Waals surface area contributed by atoms with Gasteiger partial charge in [0.15, 0.2) is 0 Å². The van der Waals surface area contributed by atoms with Gasteiger partial charge in [0, 0.05) is 16.6 Å². The predicted molar refractivity (Wildman–Crippen MR) is 71.2 cm³/mol. The van der Waals surface area contributed by atoms with Gasteiger partial charge in [-0.25, -0.2) is 0 Å². The van der Waals surface area contributed by atoms with Crippen molar-refractivity contribution < 1.29 is 14.7 Å². The summed E-state index contributed by atoms with van der Waals surface area (Å²) in [6.45, 7) is 1.63. The van der Waals surface area contributed by atoms with Gasteiger partial charge in [0.05, 0.1) is 12.6 Å². The maximum atomic E-state index is 11.7. The van der Waals surface area contributed by atoms with Crippen LogP contribution in [0.3, 0.4) is 0 Å². The van der Waals surface area contributed by atoms with Crippen molar-refractivity contribution in [2.45, 2.75) is 13.0 Å². The minimum atomic E-state index is -0.602. The molecule has 0 fully saturated rings. The molecule has 0 aliphatic carbocycles. The lowest BCUT2D eigenvalue weighted by molar-refractivity contribution is -0.120. The molecule has 0 aliphatic rings. The first-order valence-corrected chi connectivity index (χ1v) is 6.27. The SMILES string of the molecule is CC(O)CNC(=O)CNC(=O)c1cccc(Br)c1. The van der Waals surface area contributed by atoms with Gasteiger partial charge in [-0.05, 0) is 25.1 Å². The highest BCUT2D eigenvalue weighted by Crippen LogP contribution is 2.11. The first-order valence-electron chi connectivity index (χ1n) is 5.47. The Morgan fingerprint density at radius 2 is 2.11 bits per heavy atom. The molecule has 6 heteroatoms. The first-order chi connectivity index (χ1) is 8.49. The van der Waals surface area contributed by atoms with E-state index in [4.69, 9.17) is 5.11 Å². The molecule has 2 amide bonds. The van der Waals surface area contributed by atoms with Gasteiger partial charge in [0.2, 0.25) is 5.91 Å². The van der Waals surface area contributed by atoms with Crippen LogP contribution in [0.25, 0.3) is 0 Å². The van der Waals surface area contributed by atoms with Crippen LogP contribution in [0, 0.1) is 0 Å². The summed E-state index contributed by atoms with van der Waals surface area (Å²) >= 11 is 3.26. The minimum absolute atomic E-state index is 0.113. The Morgan fingerprint density at radius 3 is 2.72 bits per heavy atom. The number of aliphatic hydroxyl groups is 1. The van der Waals surface area contributed by atoms with E-state index in [1.807, 2.05) is 6.07 Å². The van der Waals surface area contributed by atoms with Crippen LogP contribution < -0.4 is 10.6 Å². The zero-order valence-electron chi connectivity index (χ0n) is 9.94. The lowest BCUT2D eigenvalue weighted by Gasteiger charge is -2.08. The van der Waals surface area contributed by atoms with Crippen molar-refractivity contribution in [2.24, 2.45) is 0 Å². The number of hydrogen-bond acceptors (Lipinski definition) is 3. The van der Waals surface area contributed by atoms with E-state index in [1.165, 1.54) is 0 Å². The predicted octanol–water partition coefficient (Wildman–Crippen LogP) is 0.676. The van der Waals surface area contributed by atoms with Crippen LogP contribution in [0.1, 0.15) is 17.3 Å². The zero-order valence-corrected chi connectivity index (χ0v) is 11.5. The van der Waals surface area contributed by atoms with Gasteiger partial charge in [-0.2, -0.15) is 0 Å². The number of benzene rings is 1. The van der Waals surface area contributed by atoms with E-state index < -0.39 is 6.10 Å². The quantitative estimate of drug-likeness (QED) is 0.747. The molecule has 0 radical (unpaired) electrons. The van der Waals surface area contributed by atoms with Crippen molar-refractivity contribution in [1.29, 1.82) is 0 Å². The third-order valence-corrected chi connectivity index (χ3v) is 2.58. The fourth-order valence-corrected chi connectivity index (χ4v) is 1.62. The molecule has 18 heavy (non-hydrogen) atoms. The maximum absolute atomic E-state index is 11.7. The summed E-state index contributed by atoms with van der Waals surface area (Å²) in [5, 5.41) is 14.0. The van der Waals surface area contributed by atoms with Gasteiger partial charge in [0.25, 0.3) is 5.91 Å². The summed E-state index contributed by atoms with van der Waals surface area (Å²) in [5.41, 5.74) is 0.479. The molecule has 3 N–H and O–H groups in total. The minimum Gasteiger partial charge on any atom is -0.392 e. The largest absolute Gasteiger partial charge is 0.392 e. The van der Waals surface area contributed by atoms with Crippen LogP contribution in [-0.4, -0.2) is 36.1 Å². The fraction of sp³-hybridized carbons (Fsp3) is 0.333. The molecule has 1 aromatic rings. The zero-order chi connectivity index (χ0) is 13.5. The van der Waals surface area contributed by atoms with Crippen LogP contribution in [-0.2, 0) is 4.79 Å². The number of carbonyl (C=O) groups excluding carboxylic acids is 2. The molecule has 5 nitrogen and oxygen atoms in total. The molecule has 0 aromatic heterocycles. The Labute approximate surface area is 114 Å². The monoisotopic (exact) mass is 314 g/mol. The summed E-state index contributed by atoms with van der Waals surface area (Å²) in [5.74, 6) is -0.650. The van der Waals surface area contributed by atoms with Crippen molar-refractivity contribution in [1.82, 2.24) is 10.6 Å². The summed E-state index contributed by atoms with van der Waals surface area (Å²) < 4.78 is 0.800. The molecule has 0 spiro atoms. The van der Waals surface area contributed by atoms with E-state index in [0.717, 1.165) is 4.47 Å². The first kappa shape index (κ1) is 14.7. The lowest BCUT2D eigenvalue weighted by atomic mass is 10.2. The highest BCUT2D eigenvalue weighted by molar-refractivity contribution is 9.10. The van der Waals surface area contributed by atoms with Crippen LogP contribution in [0.5, 0.6) is 0 Å². The molecular formula is C12H15BrN2O3. The van der Waals surface area contributed by atoms with Gasteiger partial charge >= 0.3 is 0 Å². The van der Waals surface area contributed by atoms with E-state index in [9.17, 15) is 9.59 Å². The molecule has 0 heterocycles. The Hall–Kier alpha value is -1.40. The number of amides is 2. The van der Waals surface area contributed by atoms with Crippen molar-refractivity contribution in [3.05, 3.63) is 34.3 Å². The normalized spacial score (nSPS) is 11.7. The second-order valence-electron chi connectivity index (χ2n) is 3.85. The van der Waals surface area contributed by atoms with E-state index in [1.54, 1.807) is 25.1 Å². The van der Waals surface area contributed by atoms with E-state index >= 15 is 0 Å². The number of halogens is 1. The maximum Gasteiger partial charge on any atom is 0.251 e. The van der Waals surface area contributed by atoms with Crippen molar-refractivity contribution in [3.63, 3.8) is 0 Å². The highest BCUT2D eigenvalue weighted by atomic mass is 79.9. The third-order valence-electron chi connectivity index (χ3n) is 2.09. The van der Waals surface area contributed by atoms with Crippen molar-refractivity contribution in [2.75, 3.05) is 13.1 Å². The van der Waals surface area contributed by atoms with Gasteiger partial charge in [0.1, 0.15) is 0 Å². The third kappa shape index (κ3) is 5.29. The topological polar surface area (TPSA) is 78.4 Å². The Balaban J connectivity index is 2.39. The second kappa shape index (κ2) is 7.13. The number of aliphatic hydroxyl groups excluding tert-OH is 1. The number of nitrogens with one attached hydrogen (secondary N) is 2. The van der Waals surface area contributed by atoms with Crippen LogP contribution >= 0.6 is 15.9 Å². The van der Waals surface area contributed by atoms with Crippen molar-refractivity contribution >= 4 is 27.7 Å². The van der Waals surface area contributed by atoms with Crippen LogP contribution in [0.2, 0.25) is 0 Å². The number of rotatable bonds is 5. The molecular weight excluding hydrogens is 300 g/mol. The summed E-state index contributed by atoms with van der Waals surface area (Å²) in [6.07, 6.45) is -0.602. The standard InChI is InChI=1S/C12H15BrN2O3/c1-8(16)6-14-11(17)7-15-12(18)9-3-2-4-10(13)5-9/h2-5,8,16H,6-7H2,1H3,(H,14,17)(H,15,18). The van der Waals surface area contributed by atoms with Gasteiger partial charge in [-0.3, -0.25) is 9.59 Å². The van der Waals surface area contributed by atoms with Gasteiger partial charge in [-0.15, -0.1) is 0 Å². The molecule has 0 saturated heterocycles. The van der Waals surface area contributed by atoms with Crippen LogP contribution in [0.4, 0.5) is 0 Å². The second-order valence-corrected chi connectivity index (χ2v) is 4.76. The summed E-state index contributed by atoms with van der Waals surface area (Å²) in [6, 6.07) is 6.88. The summed E-state index contributed by atoms with van der Waals surface area (Å²) in [4.78, 5) is 23.0. The highest BCUT2D eigenvalue weighted by Gasteiger charge is 2.08. The molecule has 0 aliphatic heterocycles. The fourth-order valence-electron chi connectivity index (χ4n) is 1.22. The number of carbonyl (C=O) groups is 2. The Bertz CT molecular complexity index is 435. The van der Waals surface area contributed by atoms with Crippen LogP contribution in [0.15, 0.2) is 28.7 Å². The molecule has 1 rings (SSSR count). The molecule has 0 saturated carbocycles. The number of hydrogen-bond donors (Lipinski definition) is 3.